The van der Waals surface area contributed by atoms with E-state index in [1.165, 1.54) is 7.11 Å². The molecule has 0 spiro atoms. The Kier molecular flexibility index (Phi) is 5.77. The van der Waals surface area contributed by atoms with Crippen LogP contribution in [0.25, 0.3) is 0 Å². The Bertz CT molecular complexity index is 194. The maximum Gasteiger partial charge on any atom is 0.305 e. The molecule has 1 atom stereocenters. The van der Waals surface area contributed by atoms with Crippen LogP contribution in [0.4, 0.5) is 0 Å². The predicted octanol–water partition coefficient (Wildman–Crippen LogP) is 3.22. The number of carbonyl (C=O) groups is 1. The van der Waals surface area contributed by atoms with E-state index in [1.54, 1.807) is 0 Å². The van der Waals surface area contributed by atoms with Crippen molar-refractivity contribution in [3.05, 3.63) is 12.7 Å². The molecule has 82 valence electrons. The molecule has 0 aromatic heterocycles. The van der Waals surface area contributed by atoms with Gasteiger partial charge < -0.3 is 4.74 Å². The maximum atomic E-state index is 11.5. The fourth-order valence-corrected chi connectivity index (χ4v) is 3.41. The monoisotopic (exact) mass is 214 g/mol. The zero-order valence-corrected chi connectivity index (χ0v) is 10.8. The van der Waals surface area contributed by atoms with Crippen molar-refractivity contribution >= 4 is 14.0 Å². The topological polar surface area (TPSA) is 26.3 Å². The van der Waals surface area contributed by atoms with Crippen molar-refractivity contribution in [1.82, 2.24) is 0 Å². The summed E-state index contributed by atoms with van der Waals surface area (Å²) in [5.41, 5.74) is 0.132. The van der Waals surface area contributed by atoms with Gasteiger partial charge in [0.15, 0.2) is 0 Å². The molecule has 0 aromatic rings. The molecule has 2 nitrogen and oxygen atoms in total. The van der Waals surface area contributed by atoms with Gasteiger partial charge in [0.25, 0.3) is 0 Å². The van der Waals surface area contributed by atoms with E-state index in [9.17, 15) is 4.79 Å². The van der Waals surface area contributed by atoms with Crippen LogP contribution in [0.5, 0.6) is 0 Å². The van der Waals surface area contributed by atoms with Crippen LogP contribution >= 0.6 is 0 Å². The molecule has 3 heteroatoms. The lowest BCUT2D eigenvalue weighted by molar-refractivity contribution is -0.140. The summed E-state index contributed by atoms with van der Waals surface area (Å²) in [7, 11) is 0.0456. The number of ether oxygens (including phenoxy) is 1. The second-order valence-electron chi connectivity index (χ2n) is 4.66. The maximum absolute atomic E-state index is 11.5. The summed E-state index contributed by atoms with van der Waals surface area (Å²) in [5.74, 6) is -0.0340. The van der Waals surface area contributed by atoms with Crippen LogP contribution in [-0.2, 0) is 9.53 Å². The molecule has 0 bridgehead atoms. The van der Waals surface area contributed by atoms with Gasteiger partial charge in [0, 0.05) is 0 Å². The Balaban J connectivity index is 4.26. The van der Waals surface area contributed by atoms with Crippen LogP contribution in [-0.4, -0.2) is 21.2 Å². The molecular formula is C11H22O2Si. The third kappa shape index (κ3) is 4.60. The zero-order chi connectivity index (χ0) is 11.2. The Morgan fingerprint density at radius 3 is 2.43 bits per heavy atom. The summed E-state index contributed by atoms with van der Waals surface area (Å²) in [4.78, 5) is 11.5. The van der Waals surface area contributed by atoms with Crippen LogP contribution in [0.2, 0.25) is 25.2 Å². The summed E-state index contributed by atoms with van der Waals surface area (Å²) in [6.07, 6.45) is 4.86. The quantitative estimate of drug-likeness (QED) is 0.294. The molecule has 0 amide bonds. The highest BCUT2D eigenvalue weighted by Gasteiger charge is 2.32. The first kappa shape index (κ1) is 13.4. The molecule has 0 N–H and O–H groups in total. The van der Waals surface area contributed by atoms with Gasteiger partial charge in [-0.25, -0.2) is 0 Å². The van der Waals surface area contributed by atoms with Gasteiger partial charge in [0.2, 0.25) is 0 Å². The smallest absolute Gasteiger partial charge is 0.305 e. The van der Waals surface area contributed by atoms with E-state index in [0.717, 1.165) is 19.3 Å². The van der Waals surface area contributed by atoms with E-state index in [-0.39, 0.29) is 11.5 Å². The molecule has 0 fully saturated rings. The number of allylic oxidation sites excluding steroid dienone is 1. The molecule has 0 saturated heterocycles. The molecule has 0 radical (unpaired) electrons. The molecule has 0 rings (SSSR count). The van der Waals surface area contributed by atoms with Gasteiger partial charge in [-0.15, -0.1) is 6.58 Å². The Morgan fingerprint density at radius 2 is 2.07 bits per heavy atom. The number of esters is 1. The number of rotatable bonds is 6. The highest BCUT2D eigenvalue weighted by atomic mass is 28.3. The fourth-order valence-electron chi connectivity index (χ4n) is 1.51. The van der Waals surface area contributed by atoms with Crippen molar-refractivity contribution in [1.29, 1.82) is 0 Å². The fraction of sp³-hybridized carbons (Fsp3) is 0.727. The van der Waals surface area contributed by atoms with Crippen molar-refractivity contribution < 1.29 is 9.53 Å². The third-order valence-corrected chi connectivity index (χ3v) is 5.05. The standard InChI is InChI=1S/C11H22O2Si/c1-6-7-8-9-10(11(12)13-2)14(3,4)5/h6,10H,1,7-9H2,2-5H3. The highest BCUT2D eigenvalue weighted by molar-refractivity contribution is 6.80. The minimum atomic E-state index is -1.43. The van der Waals surface area contributed by atoms with Crippen molar-refractivity contribution in [3.63, 3.8) is 0 Å². The van der Waals surface area contributed by atoms with Crippen LogP contribution in [0.3, 0.4) is 0 Å². The molecular weight excluding hydrogens is 192 g/mol. The van der Waals surface area contributed by atoms with E-state index in [2.05, 4.69) is 26.2 Å². The summed E-state index contributed by atoms with van der Waals surface area (Å²) < 4.78 is 4.84. The minimum Gasteiger partial charge on any atom is -0.469 e. The highest BCUT2D eigenvalue weighted by Crippen LogP contribution is 2.28. The third-order valence-electron chi connectivity index (χ3n) is 2.43. The zero-order valence-electron chi connectivity index (χ0n) is 9.80. The van der Waals surface area contributed by atoms with E-state index < -0.39 is 8.07 Å². The normalized spacial score (nSPS) is 13.4. The van der Waals surface area contributed by atoms with Gasteiger partial charge in [-0.1, -0.05) is 25.7 Å². The number of unbranched alkanes of at least 4 members (excludes halogenated alkanes) is 1. The Morgan fingerprint density at radius 1 is 1.50 bits per heavy atom. The van der Waals surface area contributed by atoms with Gasteiger partial charge >= 0.3 is 5.97 Å². The van der Waals surface area contributed by atoms with Crippen molar-refractivity contribution in [3.8, 4) is 0 Å². The lowest BCUT2D eigenvalue weighted by Crippen LogP contribution is -2.34. The van der Waals surface area contributed by atoms with Crippen LogP contribution < -0.4 is 0 Å². The van der Waals surface area contributed by atoms with Gasteiger partial charge in [-0.3, -0.25) is 4.79 Å². The van der Waals surface area contributed by atoms with Gasteiger partial charge in [0.05, 0.1) is 20.7 Å². The SMILES string of the molecule is C=CCCCC(C(=O)OC)[Si](C)(C)C. The van der Waals surface area contributed by atoms with Crippen LogP contribution in [0.1, 0.15) is 19.3 Å². The van der Waals surface area contributed by atoms with E-state index in [0.29, 0.717) is 0 Å². The first-order chi connectivity index (χ1) is 6.43. The Hall–Kier alpha value is -0.573. The summed E-state index contributed by atoms with van der Waals surface area (Å²) in [6.45, 7) is 10.3. The average molecular weight is 214 g/mol. The summed E-state index contributed by atoms with van der Waals surface area (Å²) in [6, 6.07) is 0. The lowest BCUT2D eigenvalue weighted by Gasteiger charge is -2.26. The first-order valence-electron chi connectivity index (χ1n) is 5.12. The van der Waals surface area contributed by atoms with Crippen molar-refractivity contribution in [2.45, 2.75) is 44.4 Å². The van der Waals surface area contributed by atoms with Crippen molar-refractivity contribution in [2.24, 2.45) is 0 Å². The average Bonchev–Trinajstić information content (AvgIpc) is 2.09. The number of carbonyl (C=O) groups excluding carboxylic acids is 1. The molecule has 0 aliphatic rings. The van der Waals surface area contributed by atoms with E-state index in [1.807, 2.05) is 6.08 Å². The molecule has 0 aliphatic carbocycles. The largest absolute Gasteiger partial charge is 0.469 e. The molecule has 0 aromatic carbocycles. The minimum absolute atomic E-state index is 0.0340. The van der Waals surface area contributed by atoms with Gasteiger partial charge in [0.1, 0.15) is 0 Å². The predicted molar refractivity (Wildman–Crippen MR) is 63.2 cm³/mol. The first-order valence-corrected chi connectivity index (χ1v) is 8.70. The summed E-state index contributed by atoms with van der Waals surface area (Å²) in [5, 5.41) is 0. The van der Waals surface area contributed by atoms with Crippen LogP contribution in [0, 0.1) is 0 Å². The molecule has 0 heterocycles. The van der Waals surface area contributed by atoms with Crippen molar-refractivity contribution in [2.75, 3.05) is 7.11 Å². The van der Waals surface area contributed by atoms with Crippen LogP contribution in [0.15, 0.2) is 12.7 Å². The van der Waals surface area contributed by atoms with E-state index in [4.69, 9.17) is 4.74 Å². The van der Waals surface area contributed by atoms with E-state index >= 15 is 0 Å². The summed E-state index contributed by atoms with van der Waals surface area (Å²) >= 11 is 0. The van der Waals surface area contributed by atoms with Gasteiger partial charge in [-0.05, 0) is 19.3 Å². The number of hydrogen-bond donors (Lipinski definition) is 0. The second-order valence-corrected chi connectivity index (χ2v) is 10.1. The number of methoxy groups -OCH3 is 1. The second kappa shape index (κ2) is 6.01. The van der Waals surface area contributed by atoms with Gasteiger partial charge in [-0.2, -0.15) is 0 Å². The molecule has 0 saturated carbocycles. The molecule has 14 heavy (non-hydrogen) atoms. The number of hydrogen-bond acceptors (Lipinski definition) is 2. The molecule has 1 unspecified atom stereocenters. The molecule has 0 aliphatic heterocycles. The Labute approximate surface area is 88.4 Å². The lowest BCUT2D eigenvalue weighted by atomic mass is 10.2.